The van der Waals surface area contributed by atoms with E-state index in [4.69, 9.17) is 0 Å². The van der Waals surface area contributed by atoms with E-state index in [1.807, 2.05) is 6.20 Å². The first kappa shape index (κ1) is 10.6. The Kier molecular flexibility index (Phi) is 2.74. The van der Waals surface area contributed by atoms with Gasteiger partial charge in [0.2, 0.25) is 0 Å². The molecule has 0 fully saturated rings. The second-order valence-corrected chi connectivity index (χ2v) is 5.50. The van der Waals surface area contributed by atoms with Gasteiger partial charge >= 0.3 is 0 Å². The number of hydrogen-bond donors (Lipinski definition) is 0. The lowest BCUT2D eigenvalue weighted by molar-refractivity contribution is 0.825. The molecule has 0 bridgehead atoms. The van der Waals surface area contributed by atoms with Crippen LogP contribution >= 0.6 is 11.3 Å². The highest BCUT2D eigenvalue weighted by Gasteiger charge is 2.09. The first-order chi connectivity index (χ1) is 7.08. The third-order valence-electron chi connectivity index (χ3n) is 2.40. The van der Waals surface area contributed by atoms with Gasteiger partial charge in [-0.15, -0.1) is 11.3 Å². The van der Waals surface area contributed by atoms with Crippen LogP contribution in [0.1, 0.15) is 50.2 Å². The molecule has 3 heteroatoms. The summed E-state index contributed by atoms with van der Waals surface area (Å²) in [6.07, 6.45) is 1.95. The van der Waals surface area contributed by atoms with Crippen LogP contribution in [0.3, 0.4) is 0 Å². The van der Waals surface area contributed by atoms with Gasteiger partial charge in [0.05, 0.1) is 15.2 Å². The van der Waals surface area contributed by atoms with Crippen molar-refractivity contribution in [3.63, 3.8) is 0 Å². The van der Waals surface area contributed by atoms with Crippen molar-refractivity contribution in [2.24, 2.45) is 0 Å². The van der Waals surface area contributed by atoms with E-state index in [9.17, 15) is 0 Å². The molecule has 2 rings (SSSR count). The standard InChI is InChI=1S/C12H16N2S/c1-7(2)9-5-10-11(6-13-9)15-12(14-10)8(3)4/h5-8H,1-4H3. The number of hydrogen-bond acceptors (Lipinski definition) is 3. The van der Waals surface area contributed by atoms with Crippen LogP contribution in [-0.4, -0.2) is 9.97 Å². The second kappa shape index (κ2) is 3.89. The Morgan fingerprint density at radius 1 is 1.13 bits per heavy atom. The van der Waals surface area contributed by atoms with E-state index < -0.39 is 0 Å². The molecule has 15 heavy (non-hydrogen) atoms. The van der Waals surface area contributed by atoms with Crippen LogP contribution < -0.4 is 0 Å². The van der Waals surface area contributed by atoms with Gasteiger partial charge in [0.1, 0.15) is 0 Å². The zero-order chi connectivity index (χ0) is 11.0. The van der Waals surface area contributed by atoms with E-state index in [0.29, 0.717) is 11.8 Å². The van der Waals surface area contributed by atoms with Gasteiger partial charge in [0.25, 0.3) is 0 Å². The molecule has 0 aliphatic heterocycles. The SMILES string of the molecule is CC(C)c1cc2nc(C(C)C)sc2cn1. The van der Waals surface area contributed by atoms with E-state index in [0.717, 1.165) is 11.2 Å². The fraction of sp³-hybridized carbons (Fsp3) is 0.500. The number of rotatable bonds is 2. The summed E-state index contributed by atoms with van der Waals surface area (Å²) in [5.74, 6) is 0.975. The van der Waals surface area contributed by atoms with E-state index in [1.165, 1.54) is 9.71 Å². The Morgan fingerprint density at radius 3 is 2.47 bits per heavy atom. The molecule has 0 aliphatic rings. The predicted molar refractivity (Wildman–Crippen MR) is 65.6 cm³/mol. The lowest BCUT2D eigenvalue weighted by atomic mass is 10.1. The lowest BCUT2D eigenvalue weighted by Gasteiger charge is -2.01. The van der Waals surface area contributed by atoms with Crippen LogP contribution in [0.25, 0.3) is 10.2 Å². The van der Waals surface area contributed by atoms with Crippen LogP contribution in [0, 0.1) is 0 Å². The quantitative estimate of drug-likeness (QED) is 0.766. The van der Waals surface area contributed by atoms with Gasteiger partial charge in [-0.2, -0.15) is 0 Å². The highest BCUT2D eigenvalue weighted by atomic mass is 32.1. The number of pyridine rings is 1. The minimum absolute atomic E-state index is 0.471. The van der Waals surface area contributed by atoms with Crippen molar-refractivity contribution in [1.29, 1.82) is 0 Å². The van der Waals surface area contributed by atoms with E-state index in [1.54, 1.807) is 11.3 Å². The van der Waals surface area contributed by atoms with Gasteiger partial charge in [-0.25, -0.2) is 4.98 Å². The van der Waals surface area contributed by atoms with Crippen molar-refractivity contribution in [2.75, 3.05) is 0 Å². The summed E-state index contributed by atoms with van der Waals surface area (Å²) in [5.41, 5.74) is 2.23. The van der Waals surface area contributed by atoms with Crippen LogP contribution in [0.5, 0.6) is 0 Å². The zero-order valence-electron chi connectivity index (χ0n) is 9.61. The molecule has 0 saturated heterocycles. The summed E-state index contributed by atoms with van der Waals surface area (Å²) in [5, 5.41) is 1.20. The Balaban J connectivity index is 2.52. The number of aromatic nitrogens is 2. The van der Waals surface area contributed by atoms with Crippen molar-refractivity contribution < 1.29 is 0 Å². The third kappa shape index (κ3) is 2.02. The fourth-order valence-corrected chi connectivity index (χ4v) is 2.35. The predicted octanol–water partition coefficient (Wildman–Crippen LogP) is 3.94. The Bertz CT molecular complexity index is 465. The smallest absolute Gasteiger partial charge is 0.0964 e. The summed E-state index contributed by atoms with van der Waals surface area (Å²) in [7, 11) is 0. The second-order valence-electron chi connectivity index (χ2n) is 4.44. The van der Waals surface area contributed by atoms with Gasteiger partial charge in [0, 0.05) is 17.8 Å². The molecule has 2 heterocycles. The average molecular weight is 220 g/mol. The molecule has 80 valence electrons. The molecule has 0 unspecified atom stereocenters. The van der Waals surface area contributed by atoms with Crippen LogP contribution in [0.2, 0.25) is 0 Å². The number of thiazole rings is 1. The number of fused-ring (bicyclic) bond motifs is 1. The Hall–Kier alpha value is -0.960. The van der Waals surface area contributed by atoms with Crippen LogP contribution in [0.4, 0.5) is 0 Å². The van der Waals surface area contributed by atoms with Gasteiger partial charge < -0.3 is 0 Å². The fourth-order valence-electron chi connectivity index (χ4n) is 1.43. The topological polar surface area (TPSA) is 25.8 Å². The first-order valence-corrected chi connectivity index (χ1v) is 6.16. The Labute approximate surface area is 94.4 Å². The summed E-state index contributed by atoms with van der Waals surface area (Å²) in [6, 6.07) is 2.11. The molecular formula is C12H16N2S. The van der Waals surface area contributed by atoms with Crippen molar-refractivity contribution >= 4 is 21.6 Å². The molecule has 0 saturated carbocycles. The van der Waals surface area contributed by atoms with Crippen LogP contribution in [0.15, 0.2) is 12.3 Å². The molecule has 0 N–H and O–H groups in total. The maximum atomic E-state index is 4.63. The minimum atomic E-state index is 0.471. The van der Waals surface area contributed by atoms with Crippen molar-refractivity contribution in [3.8, 4) is 0 Å². The van der Waals surface area contributed by atoms with Gasteiger partial charge in [0.15, 0.2) is 0 Å². The van der Waals surface area contributed by atoms with E-state index in [-0.39, 0.29) is 0 Å². The van der Waals surface area contributed by atoms with Crippen molar-refractivity contribution in [3.05, 3.63) is 23.0 Å². The molecular weight excluding hydrogens is 204 g/mol. The van der Waals surface area contributed by atoms with Gasteiger partial charge in [-0.05, 0) is 12.0 Å². The first-order valence-electron chi connectivity index (χ1n) is 5.34. The maximum absolute atomic E-state index is 4.63. The molecule has 2 nitrogen and oxygen atoms in total. The lowest BCUT2D eigenvalue weighted by Crippen LogP contribution is -1.91. The maximum Gasteiger partial charge on any atom is 0.0964 e. The molecule has 0 spiro atoms. The zero-order valence-corrected chi connectivity index (χ0v) is 10.4. The van der Waals surface area contributed by atoms with Crippen molar-refractivity contribution in [1.82, 2.24) is 9.97 Å². The minimum Gasteiger partial charge on any atom is -0.259 e. The summed E-state index contributed by atoms with van der Waals surface area (Å²) in [4.78, 5) is 9.08. The summed E-state index contributed by atoms with van der Waals surface area (Å²) in [6.45, 7) is 8.66. The highest BCUT2D eigenvalue weighted by molar-refractivity contribution is 7.18. The van der Waals surface area contributed by atoms with Gasteiger partial charge in [-0.3, -0.25) is 4.98 Å². The molecule has 0 atom stereocenters. The van der Waals surface area contributed by atoms with E-state index in [2.05, 4.69) is 43.7 Å². The molecule has 2 aromatic rings. The monoisotopic (exact) mass is 220 g/mol. The van der Waals surface area contributed by atoms with Gasteiger partial charge in [-0.1, -0.05) is 27.7 Å². The summed E-state index contributed by atoms with van der Waals surface area (Å²) >= 11 is 1.75. The molecule has 0 aromatic carbocycles. The average Bonchev–Trinajstić information content (AvgIpc) is 2.59. The molecule has 0 amide bonds. The highest BCUT2D eigenvalue weighted by Crippen LogP contribution is 2.28. The van der Waals surface area contributed by atoms with Crippen LogP contribution in [-0.2, 0) is 0 Å². The van der Waals surface area contributed by atoms with E-state index >= 15 is 0 Å². The molecule has 2 aromatic heterocycles. The summed E-state index contributed by atoms with van der Waals surface area (Å²) < 4.78 is 1.20. The largest absolute Gasteiger partial charge is 0.259 e. The third-order valence-corrected chi connectivity index (χ3v) is 3.70. The Morgan fingerprint density at radius 2 is 1.87 bits per heavy atom. The normalized spacial score (nSPS) is 11.9. The molecule has 0 aliphatic carbocycles. The van der Waals surface area contributed by atoms with Crippen molar-refractivity contribution in [2.45, 2.75) is 39.5 Å². The number of nitrogens with zero attached hydrogens (tertiary/aromatic N) is 2. The molecule has 0 radical (unpaired) electrons.